The number of carbonyl (C=O) groups is 1. The summed E-state index contributed by atoms with van der Waals surface area (Å²) in [6.45, 7) is 1.37. The molecule has 4 nitrogen and oxygen atoms in total. The van der Waals surface area contributed by atoms with Crippen molar-refractivity contribution in [3.8, 4) is 6.07 Å². The zero-order valence-electron chi connectivity index (χ0n) is 11.3. The summed E-state index contributed by atoms with van der Waals surface area (Å²) in [4.78, 5) is 12.3. The Labute approximate surface area is 128 Å². The van der Waals surface area contributed by atoms with Crippen LogP contribution in [0.3, 0.4) is 0 Å². The predicted molar refractivity (Wildman–Crippen MR) is 82.4 cm³/mol. The maximum atomic E-state index is 11.6. The van der Waals surface area contributed by atoms with Crippen LogP contribution in [0.5, 0.6) is 0 Å². The number of allylic oxidation sites excluding steroid dienone is 4. The van der Waals surface area contributed by atoms with Crippen LogP contribution in [0.25, 0.3) is 0 Å². The van der Waals surface area contributed by atoms with Crippen molar-refractivity contribution in [1.82, 2.24) is 5.32 Å². The van der Waals surface area contributed by atoms with Crippen molar-refractivity contribution in [3.05, 3.63) is 54.1 Å². The summed E-state index contributed by atoms with van der Waals surface area (Å²) < 4.78 is 0. The first-order chi connectivity index (χ1) is 10.1. The first-order valence-electron chi connectivity index (χ1n) is 6.75. The molecule has 21 heavy (non-hydrogen) atoms. The Hall–Kier alpha value is -2.25. The molecule has 0 atom stereocenters. The van der Waals surface area contributed by atoms with Crippen LogP contribution in [-0.2, 0) is 0 Å². The minimum Gasteiger partial charge on any atom is -0.336 e. The second-order valence-electron chi connectivity index (χ2n) is 5.10. The molecule has 2 amide bonds. The normalized spacial score (nSPS) is 27.5. The smallest absolute Gasteiger partial charge is 0.321 e. The quantitative estimate of drug-likeness (QED) is 0.674. The molecule has 1 heterocycles. The van der Waals surface area contributed by atoms with Gasteiger partial charge in [-0.2, -0.15) is 5.26 Å². The molecule has 0 spiro atoms. The largest absolute Gasteiger partial charge is 0.336 e. The lowest BCUT2D eigenvalue weighted by Crippen LogP contribution is -2.27. The van der Waals surface area contributed by atoms with Gasteiger partial charge in [-0.15, -0.1) is 0 Å². The van der Waals surface area contributed by atoms with E-state index in [1.807, 2.05) is 42.5 Å². The number of anilines is 1. The van der Waals surface area contributed by atoms with Crippen LogP contribution in [0.4, 0.5) is 10.5 Å². The number of benzene rings is 1. The molecule has 0 saturated carbocycles. The highest BCUT2D eigenvalue weighted by atomic mass is 35.5. The fourth-order valence-corrected chi connectivity index (χ4v) is 2.64. The van der Waals surface area contributed by atoms with E-state index in [4.69, 9.17) is 16.9 Å². The zero-order valence-corrected chi connectivity index (χ0v) is 12.0. The lowest BCUT2D eigenvalue weighted by atomic mass is 9.91. The topological polar surface area (TPSA) is 56.1 Å². The third-order valence-corrected chi connectivity index (χ3v) is 4.05. The van der Waals surface area contributed by atoms with E-state index in [-0.39, 0.29) is 11.9 Å². The fraction of sp³-hybridized carbons (Fsp3) is 0.250. The molecule has 3 rings (SSSR count). The Bertz CT molecular complexity index is 643. The fourth-order valence-electron chi connectivity index (χ4n) is 2.50. The summed E-state index contributed by atoms with van der Waals surface area (Å²) in [6, 6.07) is 9.86. The van der Waals surface area contributed by atoms with Gasteiger partial charge < -0.3 is 5.32 Å². The number of carbonyl (C=O) groups excluding carboxylic acids is 1. The molecule has 1 aliphatic carbocycles. The van der Waals surface area contributed by atoms with Crippen molar-refractivity contribution in [1.29, 1.82) is 5.26 Å². The molecular formula is C16H14ClN3O. The van der Waals surface area contributed by atoms with Gasteiger partial charge in [0.05, 0.1) is 6.07 Å². The van der Waals surface area contributed by atoms with E-state index < -0.39 is 4.87 Å². The van der Waals surface area contributed by atoms with Crippen LogP contribution in [0.1, 0.15) is 11.5 Å². The average molecular weight is 300 g/mol. The molecule has 1 fully saturated rings. The third-order valence-electron chi connectivity index (χ3n) is 3.71. The van der Waals surface area contributed by atoms with Gasteiger partial charge in [0.15, 0.2) is 4.87 Å². The molecule has 1 aromatic carbocycles. The number of amides is 2. The summed E-state index contributed by atoms with van der Waals surface area (Å²) >= 11 is 6.05. The van der Waals surface area contributed by atoms with Crippen molar-refractivity contribution >= 4 is 23.3 Å². The monoisotopic (exact) mass is 299 g/mol. The summed E-state index contributed by atoms with van der Waals surface area (Å²) in [5.74, 6) is 0.103. The van der Waals surface area contributed by atoms with Crippen LogP contribution in [0.2, 0.25) is 0 Å². The Morgan fingerprint density at radius 3 is 2.48 bits per heavy atom. The molecule has 0 aromatic heterocycles. The number of nitrogens with zero attached hydrogens (tertiary/aromatic N) is 2. The Morgan fingerprint density at radius 2 is 1.95 bits per heavy atom. The highest BCUT2D eigenvalue weighted by Crippen LogP contribution is 2.31. The predicted octanol–water partition coefficient (Wildman–Crippen LogP) is 2.93. The van der Waals surface area contributed by atoms with E-state index in [1.165, 1.54) is 0 Å². The molecule has 1 saturated heterocycles. The Balaban J connectivity index is 1.77. The standard InChI is InChI=1S/C16H14ClN3O/c17-16(11-18)7-5-13(6-8-16)12-1-3-14(4-2-12)20-10-9-19-15(20)21/h1-8,13H,9-10H2,(H,19,21). The zero-order chi connectivity index (χ0) is 14.9. The summed E-state index contributed by atoms with van der Waals surface area (Å²) in [5, 5.41) is 11.7. The summed E-state index contributed by atoms with van der Waals surface area (Å²) in [5.41, 5.74) is 1.99. The molecule has 1 aliphatic heterocycles. The molecule has 1 N–H and O–H groups in total. The van der Waals surface area contributed by atoms with Gasteiger partial charge in [-0.05, 0) is 29.8 Å². The Kier molecular flexibility index (Phi) is 3.44. The van der Waals surface area contributed by atoms with E-state index in [9.17, 15) is 4.79 Å². The average Bonchev–Trinajstić information content (AvgIpc) is 2.94. The van der Waals surface area contributed by atoms with E-state index >= 15 is 0 Å². The minimum atomic E-state index is -1.02. The number of halogens is 1. The lowest BCUT2D eigenvalue weighted by molar-refractivity contribution is 0.252. The highest BCUT2D eigenvalue weighted by Gasteiger charge is 2.24. The molecule has 0 bridgehead atoms. The van der Waals surface area contributed by atoms with Crippen molar-refractivity contribution in [2.24, 2.45) is 0 Å². The third kappa shape index (κ3) is 2.65. The van der Waals surface area contributed by atoms with Crippen LogP contribution in [-0.4, -0.2) is 24.0 Å². The van der Waals surface area contributed by atoms with Crippen molar-refractivity contribution in [2.75, 3.05) is 18.0 Å². The number of urea groups is 1. The van der Waals surface area contributed by atoms with Gasteiger partial charge in [0.2, 0.25) is 0 Å². The maximum Gasteiger partial charge on any atom is 0.321 e. The van der Waals surface area contributed by atoms with Gasteiger partial charge in [-0.25, -0.2) is 4.79 Å². The first kappa shape index (κ1) is 13.7. The molecule has 0 unspecified atom stereocenters. The van der Waals surface area contributed by atoms with E-state index in [0.717, 1.165) is 11.3 Å². The van der Waals surface area contributed by atoms with Crippen molar-refractivity contribution in [3.63, 3.8) is 0 Å². The minimum absolute atomic E-state index is 0.0545. The van der Waals surface area contributed by atoms with Gasteiger partial charge in [0.25, 0.3) is 0 Å². The number of nitrogens with one attached hydrogen (secondary N) is 1. The second-order valence-corrected chi connectivity index (χ2v) is 5.72. The van der Waals surface area contributed by atoms with E-state index in [0.29, 0.717) is 13.1 Å². The van der Waals surface area contributed by atoms with E-state index in [2.05, 4.69) is 5.32 Å². The van der Waals surface area contributed by atoms with Gasteiger partial charge in [0.1, 0.15) is 0 Å². The second kappa shape index (κ2) is 5.27. The van der Waals surface area contributed by atoms with Gasteiger partial charge >= 0.3 is 6.03 Å². The van der Waals surface area contributed by atoms with Crippen molar-refractivity contribution in [2.45, 2.75) is 10.8 Å². The van der Waals surface area contributed by atoms with Crippen LogP contribution in [0.15, 0.2) is 48.6 Å². The lowest BCUT2D eigenvalue weighted by Gasteiger charge is -2.19. The van der Waals surface area contributed by atoms with Gasteiger partial charge in [-0.3, -0.25) is 4.90 Å². The number of hydrogen-bond donors (Lipinski definition) is 1. The van der Waals surface area contributed by atoms with Crippen LogP contribution >= 0.6 is 11.6 Å². The van der Waals surface area contributed by atoms with Gasteiger partial charge in [-0.1, -0.05) is 35.9 Å². The van der Waals surface area contributed by atoms with Crippen LogP contribution in [0, 0.1) is 11.3 Å². The Morgan fingerprint density at radius 1 is 1.29 bits per heavy atom. The molecule has 0 radical (unpaired) electrons. The van der Waals surface area contributed by atoms with Crippen LogP contribution < -0.4 is 10.2 Å². The summed E-state index contributed by atoms with van der Waals surface area (Å²) in [7, 11) is 0. The highest BCUT2D eigenvalue weighted by molar-refractivity contribution is 6.28. The number of alkyl halides is 1. The summed E-state index contributed by atoms with van der Waals surface area (Å²) in [6.07, 6.45) is 7.27. The maximum absolute atomic E-state index is 11.6. The van der Waals surface area contributed by atoms with E-state index in [1.54, 1.807) is 17.1 Å². The van der Waals surface area contributed by atoms with Gasteiger partial charge in [0, 0.05) is 24.7 Å². The van der Waals surface area contributed by atoms with Crippen molar-refractivity contribution < 1.29 is 4.79 Å². The molecular weight excluding hydrogens is 286 g/mol. The molecule has 106 valence electrons. The first-order valence-corrected chi connectivity index (χ1v) is 7.13. The number of rotatable bonds is 2. The number of nitriles is 1. The molecule has 1 aromatic rings. The molecule has 5 heteroatoms. The SMILES string of the molecule is N#CC1(Cl)C=CC(c2ccc(N3CCNC3=O)cc2)C=C1. The molecule has 2 aliphatic rings. The number of hydrogen-bond acceptors (Lipinski definition) is 2.